The summed E-state index contributed by atoms with van der Waals surface area (Å²) in [6, 6.07) is 8.63. The number of phenolic OH excluding ortho intramolecular Hbond substituents is 1. The Balaban J connectivity index is 1.59. The predicted molar refractivity (Wildman–Crippen MR) is 102 cm³/mol. The molecule has 0 aliphatic carbocycles. The zero-order valence-corrected chi connectivity index (χ0v) is 15.9. The van der Waals surface area contributed by atoms with Gasteiger partial charge in [0.1, 0.15) is 5.75 Å². The van der Waals surface area contributed by atoms with Gasteiger partial charge in [-0.25, -0.2) is 4.79 Å². The second kappa shape index (κ2) is 8.32. The molecule has 29 heavy (non-hydrogen) atoms. The largest absolute Gasteiger partial charge is 0.508 e. The van der Waals surface area contributed by atoms with E-state index in [1.807, 2.05) is 0 Å². The smallest absolute Gasteiger partial charge is 0.417 e. The maximum Gasteiger partial charge on any atom is 0.417 e. The fraction of sp³-hybridized carbons (Fsp3) is 0.300. The van der Waals surface area contributed by atoms with Gasteiger partial charge in [-0.2, -0.15) is 13.2 Å². The maximum atomic E-state index is 12.9. The number of ketones is 1. The average Bonchev–Trinajstić information content (AvgIpc) is 2.68. The first-order valence-corrected chi connectivity index (χ1v) is 9.29. The van der Waals surface area contributed by atoms with E-state index in [0.717, 1.165) is 12.1 Å². The topological polar surface area (TPSA) is 69.6 Å². The molecule has 0 radical (unpaired) electrons. The number of urea groups is 1. The number of anilines is 1. The monoisotopic (exact) mass is 426 g/mol. The quantitative estimate of drug-likeness (QED) is 0.663. The summed E-state index contributed by atoms with van der Waals surface area (Å²) < 4.78 is 38.8. The lowest BCUT2D eigenvalue weighted by Crippen LogP contribution is -2.42. The lowest BCUT2D eigenvalue weighted by molar-refractivity contribution is -0.137. The van der Waals surface area contributed by atoms with Crippen molar-refractivity contribution < 1.29 is 27.9 Å². The second-order valence-electron chi connectivity index (χ2n) is 6.79. The molecule has 1 saturated heterocycles. The summed E-state index contributed by atoms with van der Waals surface area (Å²) in [7, 11) is 0. The molecular weight excluding hydrogens is 409 g/mol. The van der Waals surface area contributed by atoms with E-state index in [1.54, 1.807) is 12.1 Å². The Bertz CT molecular complexity index is 908. The molecule has 0 atom stereocenters. The van der Waals surface area contributed by atoms with Crippen LogP contribution in [0.1, 0.15) is 28.8 Å². The average molecular weight is 427 g/mol. The van der Waals surface area contributed by atoms with Crippen molar-refractivity contribution in [3.8, 4) is 5.75 Å². The molecule has 1 aliphatic rings. The number of rotatable bonds is 3. The highest BCUT2D eigenvalue weighted by Crippen LogP contribution is 2.36. The van der Waals surface area contributed by atoms with Crippen molar-refractivity contribution in [2.24, 2.45) is 5.92 Å². The standard InChI is InChI=1S/C20H18ClF3N2O3/c21-17-6-3-14(11-16(17)20(22,23)24)25-19(29)26-9-7-13(8-10-26)18(28)12-1-4-15(27)5-2-12/h1-6,11,13,27H,7-10H2,(H,25,29). The number of Topliss-reactive ketones (excluding diaryl/α,β-unsaturated/α-hetero) is 1. The molecule has 1 aliphatic heterocycles. The van der Waals surface area contributed by atoms with Crippen LogP contribution in [0.5, 0.6) is 5.75 Å². The predicted octanol–water partition coefficient (Wildman–Crippen LogP) is 5.19. The number of piperidine rings is 1. The van der Waals surface area contributed by atoms with E-state index in [9.17, 15) is 27.9 Å². The number of aromatic hydroxyl groups is 1. The van der Waals surface area contributed by atoms with Gasteiger partial charge < -0.3 is 15.3 Å². The van der Waals surface area contributed by atoms with E-state index in [0.29, 0.717) is 31.5 Å². The van der Waals surface area contributed by atoms with Crippen LogP contribution in [0, 0.1) is 5.92 Å². The summed E-state index contributed by atoms with van der Waals surface area (Å²) in [6.07, 6.45) is -3.73. The minimum absolute atomic E-state index is 0.00554. The van der Waals surface area contributed by atoms with Crippen LogP contribution in [-0.2, 0) is 6.18 Å². The number of amides is 2. The molecule has 5 nitrogen and oxygen atoms in total. The van der Waals surface area contributed by atoms with Crippen LogP contribution in [0.4, 0.5) is 23.7 Å². The van der Waals surface area contributed by atoms with Crippen LogP contribution >= 0.6 is 11.6 Å². The van der Waals surface area contributed by atoms with Crippen molar-refractivity contribution in [2.45, 2.75) is 19.0 Å². The molecular formula is C20H18ClF3N2O3. The Morgan fingerprint density at radius 2 is 1.69 bits per heavy atom. The Labute approximate surface area is 170 Å². The zero-order valence-electron chi connectivity index (χ0n) is 15.2. The summed E-state index contributed by atoms with van der Waals surface area (Å²) >= 11 is 5.58. The van der Waals surface area contributed by atoms with Crippen LogP contribution in [0.25, 0.3) is 0 Å². The summed E-state index contributed by atoms with van der Waals surface area (Å²) in [4.78, 5) is 26.4. The highest BCUT2D eigenvalue weighted by Gasteiger charge is 2.34. The minimum atomic E-state index is -4.62. The van der Waals surface area contributed by atoms with E-state index < -0.39 is 22.8 Å². The van der Waals surface area contributed by atoms with Gasteiger partial charge in [-0.3, -0.25) is 4.79 Å². The first-order chi connectivity index (χ1) is 13.6. The summed E-state index contributed by atoms with van der Waals surface area (Å²) in [5.74, 6) is -0.238. The van der Waals surface area contributed by atoms with Crippen molar-refractivity contribution in [2.75, 3.05) is 18.4 Å². The van der Waals surface area contributed by atoms with Crippen LogP contribution in [0.2, 0.25) is 5.02 Å². The number of hydrogen-bond acceptors (Lipinski definition) is 3. The molecule has 2 N–H and O–H groups in total. The van der Waals surface area contributed by atoms with Crippen LogP contribution in [0.15, 0.2) is 42.5 Å². The molecule has 0 bridgehead atoms. The number of nitrogens with one attached hydrogen (secondary N) is 1. The molecule has 2 aromatic rings. The Kier molecular flexibility index (Phi) is 6.02. The third-order valence-electron chi connectivity index (χ3n) is 4.83. The van der Waals surface area contributed by atoms with E-state index in [4.69, 9.17) is 11.6 Å². The first-order valence-electron chi connectivity index (χ1n) is 8.91. The number of benzene rings is 2. The summed E-state index contributed by atoms with van der Waals surface area (Å²) in [5, 5.41) is 11.3. The molecule has 1 fully saturated rings. The van der Waals surface area contributed by atoms with Crippen LogP contribution in [-0.4, -0.2) is 34.9 Å². The van der Waals surface area contributed by atoms with Gasteiger partial charge in [0.2, 0.25) is 0 Å². The van der Waals surface area contributed by atoms with E-state index in [2.05, 4.69) is 5.32 Å². The highest BCUT2D eigenvalue weighted by atomic mass is 35.5. The highest BCUT2D eigenvalue weighted by molar-refractivity contribution is 6.31. The number of nitrogens with zero attached hydrogens (tertiary/aromatic N) is 1. The summed E-state index contributed by atoms with van der Waals surface area (Å²) in [6.45, 7) is 0.611. The second-order valence-corrected chi connectivity index (χ2v) is 7.20. The van der Waals surface area contributed by atoms with Gasteiger partial charge in [-0.05, 0) is 55.3 Å². The number of phenols is 1. The Hall–Kier alpha value is -2.74. The van der Waals surface area contributed by atoms with E-state index >= 15 is 0 Å². The van der Waals surface area contributed by atoms with Gasteiger partial charge >= 0.3 is 12.2 Å². The van der Waals surface area contributed by atoms with Gasteiger partial charge in [0.15, 0.2) is 5.78 Å². The molecule has 2 amide bonds. The molecule has 0 unspecified atom stereocenters. The Morgan fingerprint density at radius 3 is 2.28 bits per heavy atom. The van der Waals surface area contributed by atoms with Crippen molar-refractivity contribution in [3.63, 3.8) is 0 Å². The molecule has 3 rings (SSSR count). The van der Waals surface area contributed by atoms with Crippen molar-refractivity contribution in [1.82, 2.24) is 4.90 Å². The van der Waals surface area contributed by atoms with Gasteiger partial charge in [0, 0.05) is 30.3 Å². The van der Waals surface area contributed by atoms with Gasteiger partial charge in [-0.15, -0.1) is 0 Å². The number of carbonyl (C=O) groups excluding carboxylic acids is 2. The number of carbonyl (C=O) groups is 2. The van der Waals surface area contributed by atoms with Crippen molar-refractivity contribution >= 4 is 29.1 Å². The molecule has 0 spiro atoms. The first kappa shape index (κ1) is 21.0. The molecule has 0 saturated carbocycles. The van der Waals surface area contributed by atoms with Gasteiger partial charge in [0.25, 0.3) is 0 Å². The normalized spacial score (nSPS) is 15.2. The minimum Gasteiger partial charge on any atom is -0.508 e. The maximum absolute atomic E-state index is 12.9. The molecule has 9 heteroatoms. The van der Waals surface area contributed by atoms with Crippen LogP contribution in [0.3, 0.4) is 0 Å². The number of likely N-dealkylation sites (tertiary alicyclic amines) is 1. The van der Waals surface area contributed by atoms with Gasteiger partial charge in [0.05, 0.1) is 10.6 Å². The SMILES string of the molecule is O=C(c1ccc(O)cc1)C1CCN(C(=O)Nc2ccc(Cl)c(C(F)(F)F)c2)CC1. The lowest BCUT2D eigenvalue weighted by Gasteiger charge is -2.31. The number of hydrogen-bond donors (Lipinski definition) is 2. The molecule has 154 valence electrons. The zero-order chi connectivity index (χ0) is 21.2. The van der Waals surface area contributed by atoms with E-state index in [-0.39, 0.29) is 23.1 Å². The lowest BCUT2D eigenvalue weighted by atomic mass is 9.89. The molecule has 2 aromatic carbocycles. The van der Waals surface area contributed by atoms with Gasteiger partial charge in [-0.1, -0.05) is 11.6 Å². The Morgan fingerprint density at radius 1 is 1.07 bits per heavy atom. The molecule has 0 aromatic heterocycles. The van der Waals surface area contributed by atoms with Crippen molar-refractivity contribution in [3.05, 3.63) is 58.6 Å². The molecule has 1 heterocycles. The van der Waals surface area contributed by atoms with Crippen molar-refractivity contribution in [1.29, 1.82) is 0 Å². The number of alkyl halides is 3. The number of halogens is 4. The fourth-order valence-electron chi connectivity index (χ4n) is 3.23. The van der Waals surface area contributed by atoms with E-state index in [1.165, 1.54) is 23.1 Å². The third kappa shape index (κ3) is 5.00. The fourth-order valence-corrected chi connectivity index (χ4v) is 3.45. The summed E-state index contributed by atoms with van der Waals surface area (Å²) in [5.41, 5.74) is -0.532. The van der Waals surface area contributed by atoms with Crippen LogP contribution < -0.4 is 5.32 Å². The third-order valence-corrected chi connectivity index (χ3v) is 5.16.